The summed E-state index contributed by atoms with van der Waals surface area (Å²) in [6.07, 6.45) is 5.53. The maximum absolute atomic E-state index is 12.1. The van der Waals surface area contributed by atoms with Gasteiger partial charge in [-0.05, 0) is 44.0 Å². The van der Waals surface area contributed by atoms with Gasteiger partial charge in [-0.1, -0.05) is 26.7 Å². The second-order valence-corrected chi connectivity index (χ2v) is 7.85. The van der Waals surface area contributed by atoms with Gasteiger partial charge >= 0.3 is 0 Å². The van der Waals surface area contributed by atoms with Gasteiger partial charge in [-0.3, -0.25) is 9.59 Å². The van der Waals surface area contributed by atoms with Crippen LogP contribution in [-0.4, -0.2) is 29.1 Å². The summed E-state index contributed by atoms with van der Waals surface area (Å²) in [6, 6.07) is 8.55. The molecule has 0 spiro atoms. The van der Waals surface area contributed by atoms with Gasteiger partial charge in [0.2, 0.25) is 0 Å². The lowest BCUT2D eigenvalue weighted by Gasteiger charge is -2.16. The number of aromatic hydroxyl groups is 1. The van der Waals surface area contributed by atoms with Crippen molar-refractivity contribution in [1.82, 2.24) is 4.98 Å². The van der Waals surface area contributed by atoms with Gasteiger partial charge in [0.1, 0.15) is 17.2 Å². The van der Waals surface area contributed by atoms with Crippen LogP contribution in [0.4, 0.5) is 0 Å². The molecule has 0 unspecified atom stereocenters. The number of fused-ring (bicyclic) bond motifs is 1. The number of phenols is 1. The van der Waals surface area contributed by atoms with E-state index in [1.165, 1.54) is 13.0 Å². The first-order valence-electron chi connectivity index (χ1n) is 11.2. The minimum Gasteiger partial charge on any atom is -0.507 e. The fourth-order valence-electron chi connectivity index (χ4n) is 3.87. The second kappa shape index (κ2) is 10.8. The Balaban J connectivity index is 1.66. The molecule has 1 aromatic heterocycles. The molecule has 2 N–H and O–H groups in total. The molecule has 0 amide bonds. The average molecular weight is 438 g/mol. The van der Waals surface area contributed by atoms with E-state index in [0.29, 0.717) is 48.3 Å². The predicted molar refractivity (Wildman–Crippen MR) is 126 cm³/mol. The fourth-order valence-corrected chi connectivity index (χ4v) is 3.87. The molecule has 0 fully saturated rings. The largest absolute Gasteiger partial charge is 0.507 e. The quantitative estimate of drug-likeness (QED) is 0.318. The third kappa shape index (κ3) is 5.13. The van der Waals surface area contributed by atoms with E-state index in [1.54, 1.807) is 24.4 Å². The van der Waals surface area contributed by atoms with E-state index < -0.39 is 0 Å². The molecule has 6 nitrogen and oxygen atoms in total. The lowest BCUT2D eigenvalue weighted by Crippen LogP contribution is -2.09. The van der Waals surface area contributed by atoms with Crippen LogP contribution in [0.3, 0.4) is 0 Å². The van der Waals surface area contributed by atoms with Crippen LogP contribution in [0.25, 0.3) is 10.9 Å². The summed E-state index contributed by atoms with van der Waals surface area (Å²) < 4.78 is 11.9. The number of hydrogen-bond donors (Lipinski definition) is 2. The van der Waals surface area contributed by atoms with Crippen molar-refractivity contribution in [2.75, 3.05) is 13.2 Å². The van der Waals surface area contributed by atoms with Crippen molar-refractivity contribution in [2.45, 2.75) is 52.9 Å². The number of ether oxygens (including phenoxy) is 2. The molecule has 6 heteroatoms. The van der Waals surface area contributed by atoms with Crippen molar-refractivity contribution in [1.29, 1.82) is 0 Å². The maximum atomic E-state index is 12.1. The van der Waals surface area contributed by atoms with Crippen LogP contribution in [0.15, 0.2) is 41.3 Å². The smallest absolute Gasteiger partial charge is 0.189 e. The van der Waals surface area contributed by atoms with Crippen LogP contribution in [0.2, 0.25) is 0 Å². The molecule has 3 rings (SSSR count). The Morgan fingerprint density at radius 1 is 0.938 bits per heavy atom. The molecule has 0 aliphatic rings. The number of phenolic OH excluding ortho intramolecular Hbond substituents is 1. The Hall–Kier alpha value is -3.28. The number of carbonyl (C=O) groups excluding carboxylic acids is 1. The molecule has 0 bridgehead atoms. The standard InChI is InChI=1S/C26H31NO5/c1-4-7-20-23(12-10-19-22(29)13-14-27-25(19)20)31-15-6-16-32-24-11-9-18(17(3)28)26(30)21(24)8-5-2/h9-14,30H,4-8,15-16H2,1-3H3,(H,27,29). The van der Waals surface area contributed by atoms with Crippen LogP contribution in [0.1, 0.15) is 61.5 Å². The van der Waals surface area contributed by atoms with Gasteiger partial charge in [0.05, 0.1) is 24.3 Å². The molecule has 0 radical (unpaired) electrons. The topological polar surface area (TPSA) is 88.6 Å². The fraction of sp³-hybridized carbons (Fsp3) is 0.385. The first kappa shape index (κ1) is 23.4. The number of aromatic amines is 1. The Morgan fingerprint density at radius 3 is 2.22 bits per heavy atom. The molecular weight excluding hydrogens is 406 g/mol. The Labute approximate surface area is 188 Å². The van der Waals surface area contributed by atoms with E-state index >= 15 is 0 Å². The van der Waals surface area contributed by atoms with Crippen LogP contribution >= 0.6 is 0 Å². The van der Waals surface area contributed by atoms with Crippen molar-refractivity contribution in [3.8, 4) is 17.2 Å². The molecule has 3 aromatic rings. The van der Waals surface area contributed by atoms with Crippen molar-refractivity contribution < 1.29 is 19.4 Å². The van der Waals surface area contributed by atoms with E-state index in [9.17, 15) is 14.7 Å². The number of H-pyrrole nitrogens is 1. The highest BCUT2D eigenvalue weighted by atomic mass is 16.5. The van der Waals surface area contributed by atoms with E-state index in [-0.39, 0.29) is 17.0 Å². The van der Waals surface area contributed by atoms with Gasteiger partial charge in [0.15, 0.2) is 11.2 Å². The van der Waals surface area contributed by atoms with Gasteiger partial charge in [-0.15, -0.1) is 0 Å². The number of aryl methyl sites for hydroxylation is 1. The number of aromatic nitrogens is 1. The minimum atomic E-state index is -0.167. The Bertz CT molecular complexity index is 1150. The second-order valence-electron chi connectivity index (χ2n) is 7.85. The van der Waals surface area contributed by atoms with Gasteiger partial charge in [-0.2, -0.15) is 0 Å². The third-order valence-corrected chi connectivity index (χ3v) is 5.42. The molecule has 0 saturated heterocycles. The van der Waals surface area contributed by atoms with E-state index in [0.717, 1.165) is 36.1 Å². The number of benzene rings is 2. The summed E-state index contributed by atoms with van der Waals surface area (Å²) in [4.78, 5) is 27.0. The van der Waals surface area contributed by atoms with Crippen LogP contribution < -0.4 is 14.9 Å². The third-order valence-electron chi connectivity index (χ3n) is 5.42. The summed E-state index contributed by atoms with van der Waals surface area (Å²) in [5, 5.41) is 11.1. The van der Waals surface area contributed by atoms with E-state index in [4.69, 9.17) is 9.47 Å². The van der Waals surface area contributed by atoms with E-state index in [2.05, 4.69) is 11.9 Å². The SMILES string of the molecule is CCCc1c(OCCCOc2ccc3c(=O)cc[nH]c3c2CCC)ccc(C(C)=O)c1O. The summed E-state index contributed by atoms with van der Waals surface area (Å²) in [5.74, 6) is 1.22. The van der Waals surface area contributed by atoms with Crippen molar-refractivity contribution in [3.63, 3.8) is 0 Å². The highest BCUT2D eigenvalue weighted by molar-refractivity contribution is 5.97. The monoisotopic (exact) mass is 437 g/mol. The lowest BCUT2D eigenvalue weighted by atomic mass is 10.0. The zero-order chi connectivity index (χ0) is 23.1. The van der Waals surface area contributed by atoms with E-state index in [1.807, 2.05) is 13.0 Å². The zero-order valence-electron chi connectivity index (χ0n) is 19.0. The summed E-state index contributed by atoms with van der Waals surface area (Å²) in [5.41, 5.74) is 2.83. The average Bonchev–Trinajstić information content (AvgIpc) is 2.77. The number of nitrogens with one attached hydrogen (secondary N) is 1. The molecule has 0 aliphatic heterocycles. The van der Waals surface area contributed by atoms with Crippen molar-refractivity contribution in [2.24, 2.45) is 0 Å². The van der Waals surface area contributed by atoms with Crippen LogP contribution in [0.5, 0.6) is 17.2 Å². The first-order chi connectivity index (χ1) is 15.5. The number of pyridine rings is 1. The molecule has 1 heterocycles. The maximum Gasteiger partial charge on any atom is 0.189 e. The summed E-state index contributed by atoms with van der Waals surface area (Å²) in [6.45, 7) is 6.43. The number of rotatable bonds is 11. The molecule has 2 aromatic carbocycles. The lowest BCUT2D eigenvalue weighted by molar-refractivity contribution is 0.101. The predicted octanol–water partition coefficient (Wildman–Crippen LogP) is 5.19. The molecule has 0 aliphatic carbocycles. The van der Waals surface area contributed by atoms with Gasteiger partial charge in [0.25, 0.3) is 0 Å². The van der Waals surface area contributed by atoms with Crippen molar-refractivity contribution in [3.05, 3.63) is 63.4 Å². The molecular formula is C26H31NO5. The minimum absolute atomic E-state index is 0.00187. The Kier molecular flexibility index (Phi) is 7.92. The van der Waals surface area contributed by atoms with Gasteiger partial charge in [-0.25, -0.2) is 0 Å². The molecule has 170 valence electrons. The zero-order valence-corrected chi connectivity index (χ0v) is 19.0. The number of hydrogen-bond acceptors (Lipinski definition) is 5. The normalized spacial score (nSPS) is 11.0. The summed E-state index contributed by atoms with van der Waals surface area (Å²) >= 11 is 0. The molecule has 0 saturated carbocycles. The highest BCUT2D eigenvalue weighted by Gasteiger charge is 2.16. The highest BCUT2D eigenvalue weighted by Crippen LogP contribution is 2.33. The van der Waals surface area contributed by atoms with Crippen LogP contribution in [0, 0.1) is 0 Å². The van der Waals surface area contributed by atoms with Crippen molar-refractivity contribution >= 4 is 16.7 Å². The number of Topliss-reactive ketones (excluding diaryl/α,β-unsaturated/α-hetero) is 1. The molecule has 32 heavy (non-hydrogen) atoms. The molecule has 0 atom stereocenters. The van der Waals surface area contributed by atoms with Crippen LogP contribution in [-0.2, 0) is 12.8 Å². The van der Waals surface area contributed by atoms with Gasteiger partial charge < -0.3 is 19.6 Å². The number of carbonyl (C=O) groups is 1. The Morgan fingerprint density at radius 2 is 1.56 bits per heavy atom. The summed E-state index contributed by atoms with van der Waals surface area (Å²) in [7, 11) is 0. The number of ketones is 1. The van der Waals surface area contributed by atoms with Gasteiger partial charge in [0, 0.05) is 35.2 Å². The first-order valence-corrected chi connectivity index (χ1v) is 11.2.